The van der Waals surface area contributed by atoms with Gasteiger partial charge in [0.2, 0.25) is 5.88 Å². The average Bonchev–Trinajstić information content (AvgIpc) is 3.27. The number of aromatic nitrogens is 3. The molecule has 1 aliphatic rings. The minimum Gasteiger partial charge on any atom is -0.486 e. The van der Waals surface area contributed by atoms with E-state index in [0.29, 0.717) is 48.6 Å². The number of benzene rings is 1. The summed E-state index contributed by atoms with van der Waals surface area (Å²) in [6.45, 7) is 8.52. The number of pyridine rings is 1. The number of hydrogen-bond donors (Lipinski definition) is 2. The Morgan fingerprint density at radius 2 is 2.09 bits per heavy atom. The number of rotatable bonds is 9. The highest BCUT2D eigenvalue weighted by molar-refractivity contribution is 6.07. The molecule has 2 N–H and O–H groups in total. The van der Waals surface area contributed by atoms with E-state index >= 15 is 0 Å². The topological polar surface area (TPSA) is 86.0 Å². The number of nitrogens with zero attached hydrogens (tertiary/aromatic N) is 4. The summed E-state index contributed by atoms with van der Waals surface area (Å²) in [7, 11) is 1.70. The summed E-state index contributed by atoms with van der Waals surface area (Å²) >= 11 is 0. The van der Waals surface area contributed by atoms with Gasteiger partial charge in [-0.15, -0.1) is 0 Å². The third-order valence-corrected chi connectivity index (χ3v) is 5.60. The lowest BCUT2D eigenvalue weighted by atomic mass is 10.2. The van der Waals surface area contributed by atoms with Gasteiger partial charge in [-0.1, -0.05) is 18.2 Å². The highest BCUT2D eigenvalue weighted by Gasteiger charge is 2.25. The molecule has 9 heteroatoms. The van der Waals surface area contributed by atoms with Crippen molar-refractivity contribution in [3.63, 3.8) is 0 Å². The first kappa shape index (κ1) is 24.3. The Hall–Kier alpha value is -3.85. The van der Waals surface area contributed by atoms with Crippen LogP contribution in [0.15, 0.2) is 72.2 Å². The molecule has 35 heavy (non-hydrogen) atoms. The molecule has 0 radical (unpaired) electrons. The standard InChI is InChI=1S/C26H29FN6O2/c1-18(2)4-8-24(28-3)32-26-22-14-20(5-7-23(22)30-17-31-26)35-25-9-6-21(15-29-25)34-13-12-33-11-10-19(27)16-33/h4-9,14-15,17,19H,1,10-13,16H2,2-3H3,(H,28,30,31,32)/p+1/b8-4-/t19-/m1/s1. The fourth-order valence-electron chi connectivity index (χ4n) is 3.77. The summed E-state index contributed by atoms with van der Waals surface area (Å²) in [6, 6.07) is 9.12. The first-order valence-corrected chi connectivity index (χ1v) is 11.6. The Kier molecular flexibility index (Phi) is 7.99. The zero-order valence-electron chi connectivity index (χ0n) is 20.0. The van der Waals surface area contributed by atoms with Gasteiger partial charge in [-0.3, -0.25) is 4.99 Å². The van der Waals surface area contributed by atoms with Crippen molar-refractivity contribution in [2.45, 2.75) is 19.5 Å². The van der Waals surface area contributed by atoms with Gasteiger partial charge in [0.25, 0.3) is 0 Å². The summed E-state index contributed by atoms with van der Waals surface area (Å²) in [6.07, 6.45) is 6.80. The summed E-state index contributed by atoms with van der Waals surface area (Å²) in [5.74, 6) is 2.95. The number of alkyl halides is 1. The molecule has 2 atom stereocenters. The van der Waals surface area contributed by atoms with E-state index in [1.165, 1.54) is 11.2 Å². The van der Waals surface area contributed by atoms with Crippen LogP contribution in [0.1, 0.15) is 13.3 Å². The third-order valence-electron chi connectivity index (χ3n) is 5.60. The van der Waals surface area contributed by atoms with Crippen LogP contribution in [-0.2, 0) is 0 Å². The van der Waals surface area contributed by atoms with Crippen molar-refractivity contribution in [1.82, 2.24) is 15.0 Å². The molecule has 0 saturated carbocycles. The van der Waals surface area contributed by atoms with Crippen molar-refractivity contribution in [1.29, 1.82) is 0 Å². The number of amidine groups is 1. The van der Waals surface area contributed by atoms with Crippen LogP contribution in [0, 0.1) is 0 Å². The van der Waals surface area contributed by atoms with E-state index in [-0.39, 0.29) is 0 Å². The molecule has 0 aliphatic carbocycles. The number of ether oxygens (including phenoxy) is 2. The number of hydrogen-bond acceptors (Lipinski definition) is 6. The Balaban J connectivity index is 1.40. The molecule has 1 fully saturated rings. The first-order valence-electron chi connectivity index (χ1n) is 11.6. The zero-order valence-corrected chi connectivity index (χ0v) is 20.0. The molecule has 0 spiro atoms. The monoisotopic (exact) mass is 477 g/mol. The molecule has 4 rings (SSSR count). The number of likely N-dealkylation sites (tertiary alicyclic amines) is 1. The van der Waals surface area contributed by atoms with Crippen LogP contribution in [0.25, 0.3) is 10.9 Å². The Labute approximate surface area is 204 Å². The van der Waals surface area contributed by atoms with E-state index in [0.717, 1.165) is 29.6 Å². The van der Waals surface area contributed by atoms with Gasteiger partial charge in [-0.05, 0) is 37.3 Å². The Bertz CT molecular complexity index is 1230. The summed E-state index contributed by atoms with van der Waals surface area (Å²) < 4.78 is 25.0. The van der Waals surface area contributed by atoms with Gasteiger partial charge in [0, 0.05) is 24.9 Å². The summed E-state index contributed by atoms with van der Waals surface area (Å²) in [4.78, 5) is 18.5. The predicted molar refractivity (Wildman–Crippen MR) is 135 cm³/mol. The lowest BCUT2D eigenvalue weighted by molar-refractivity contribution is -0.888. The molecule has 1 aliphatic heterocycles. The van der Waals surface area contributed by atoms with Crippen LogP contribution in [-0.4, -0.2) is 60.2 Å². The minimum atomic E-state index is -0.684. The van der Waals surface area contributed by atoms with E-state index in [2.05, 4.69) is 31.8 Å². The van der Waals surface area contributed by atoms with Crippen LogP contribution < -0.4 is 19.7 Å². The fraction of sp³-hybridized carbons (Fsp3) is 0.308. The summed E-state index contributed by atoms with van der Waals surface area (Å²) in [5, 5.41) is 4.02. The maximum Gasteiger partial charge on any atom is 0.219 e. The summed E-state index contributed by atoms with van der Waals surface area (Å²) in [5.41, 5.74) is 1.69. The van der Waals surface area contributed by atoms with Crippen LogP contribution in [0.4, 0.5) is 10.2 Å². The second-order valence-corrected chi connectivity index (χ2v) is 8.44. The van der Waals surface area contributed by atoms with E-state index in [1.54, 1.807) is 19.3 Å². The molecular weight excluding hydrogens is 447 g/mol. The molecule has 0 amide bonds. The van der Waals surface area contributed by atoms with Crippen molar-refractivity contribution in [3.05, 3.63) is 67.2 Å². The normalized spacial score (nSPS) is 18.2. The van der Waals surface area contributed by atoms with Crippen LogP contribution >= 0.6 is 0 Å². The lowest BCUT2D eigenvalue weighted by Crippen LogP contribution is -3.11. The van der Waals surface area contributed by atoms with Gasteiger partial charge < -0.3 is 19.7 Å². The second-order valence-electron chi connectivity index (χ2n) is 8.44. The molecular formula is C26H30FN6O2+. The second kappa shape index (κ2) is 11.5. The van der Waals surface area contributed by atoms with E-state index in [4.69, 9.17) is 9.47 Å². The van der Waals surface area contributed by atoms with Crippen LogP contribution in [0.2, 0.25) is 0 Å². The quantitative estimate of drug-likeness (QED) is 0.279. The van der Waals surface area contributed by atoms with E-state index in [9.17, 15) is 4.39 Å². The van der Waals surface area contributed by atoms with Crippen molar-refractivity contribution in [3.8, 4) is 17.4 Å². The zero-order chi connectivity index (χ0) is 24.6. The van der Waals surface area contributed by atoms with Gasteiger partial charge >= 0.3 is 0 Å². The smallest absolute Gasteiger partial charge is 0.219 e. The highest BCUT2D eigenvalue weighted by Crippen LogP contribution is 2.28. The minimum absolute atomic E-state index is 0.439. The molecule has 1 saturated heterocycles. The molecule has 0 bridgehead atoms. The predicted octanol–water partition coefficient (Wildman–Crippen LogP) is 3.40. The lowest BCUT2D eigenvalue weighted by Gasteiger charge is -2.13. The molecule has 3 heterocycles. The molecule has 1 aromatic carbocycles. The number of aliphatic imine (C=N–C) groups is 1. The van der Waals surface area contributed by atoms with Crippen molar-refractivity contribution < 1.29 is 18.8 Å². The van der Waals surface area contributed by atoms with Gasteiger partial charge in [0.05, 0.1) is 18.3 Å². The number of quaternary nitrogens is 1. The van der Waals surface area contributed by atoms with Crippen molar-refractivity contribution in [2.24, 2.45) is 4.99 Å². The largest absolute Gasteiger partial charge is 0.486 e. The number of anilines is 1. The average molecular weight is 478 g/mol. The van der Waals surface area contributed by atoms with Crippen molar-refractivity contribution in [2.75, 3.05) is 38.6 Å². The van der Waals surface area contributed by atoms with Crippen LogP contribution in [0.5, 0.6) is 17.4 Å². The van der Waals surface area contributed by atoms with E-state index in [1.807, 2.05) is 43.3 Å². The fourth-order valence-corrected chi connectivity index (χ4v) is 3.77. The molecule has 1 unspecified atom stereocenters. The maximum absolute atomic E-state index is 13.3. The third kappa shape index (κ3) is 6.83. The van der Waals surface area contributed by atoms with Gasteiger partial charge in [0.15, 0.2) is 6.17 Å². The molecule has 8 nitrogen and oxygen atoms in total. The first-order chi connectivity index (χ1) is 17.0. The Morgan fingerprint density at radius 3 is 2.80 bits per heavy atom. The Morgan fingerprint density at radius 1 is 1.23 bits per heavy atom. The SMILES string of the molecule is C=C(C)/C=C\C(=NC)Nc1ncnc2ccc(Oc3ccc(OCC[NH+]4CC[C@@H](F)C4)cn3)cc12. The van der Waals surface area contributed by atoms with E-state index < -0.39 is 6.17 Å². The van der Waals surface area contributed by atoms with Crippen LogP contribution in [0.3, 0.4) is 0 Å². The number of allylic oxidation sites excluding steroid dienone is 2. The number of nitrogens with one attached hydrogen (secondary N) is 2. The molecule has 182 valence electrons. The van der Waals surface area contributed by atoms with Crippen molar-refractivity contribution >= 4 is 22.6 Å². The molecule has 3 aromatic rings. The number of halogens is 1. The maximum atomic E-state index is 13.3. The van der Waals surface area contributed by atoms with Gasteiger partial charge in [0.1, 0.15) is 49.2 Å². The van der Waals surface area contributed by atoms with Gasteiger partial charge in [-0.25, -0.2) is 19.3 Å². The number of fused-ring (bicyclic) bond motifs is 1. The van der Waals surface area contributed by atoms with Gasteiger partial charge in [-0.2, -0.15) is 0 Å². The molecule has 2 aromatic heterocycles. The highest BCUT2D eigenvalue weighted by atomic mass is 19.1.